The second-order valence-corrected chi connectivity index (χ2v) is 4.09. The van der Waals surface area contributed by atoms with Gasteiger partial charge < -0.3 is 4.74 Å². The first-order valence-corrected chi connectivity index (χ1v) is 5.85. The van der Waals surface area contributed by atoms with Gasteiger partial charge in [-0.2, -0.15) is 5.10 Å². The standard InChI is InChI=1S/C14H17N3O/c1-11-10-16-17(2)13(11)8-9-15-12-6-4-5-7-14(12)18-3/h4-7,9-10H,8H2,1-3H3. The Bertz CT molecular complexity index is 538. The van der Waals surface area contributed by atoms with E-state index in [0.29, 0.717) is 0 Å². The van der Waals surface area contributed by atoms with Crippen LogP contribution in [0.1, 0.15) is 11.3 Å². The van der Waals surface area contributed by atoms with E-state index in [1.165, 1.54) is 11.3 Å². The van der Waals surface area contributed by atoms with Crippen LogP contribution < -0.4 is 4.74 Å². The van der Waals surface area contributed by atoms with E-state index in [1.54, 1.807) is 7.11 Å². The van der Waals surface area contributed by atoms with Crippen molar-refractivity contribution in [3.8, 4) is 5.75 Å². The Kier molecular flexibility index (Phi) is 3.77. The molecule has 0 fully saturated rings. The summed E-state index contributed by atoms with van der Waals surface area (Å²) in [6, 6.07) is 7.72. The molecule has 0 aliphatic heterocycles. The van der Waals surface area contributed by atoms with Gasteiger partial charge in [-0.15, -0.1) is 0 Å². The highest BCUT2D eigenvalue weighted by Crippen LogP contribution is 2.25. The van der Waals surface area contributed by atoms with Crippen molar-refractivity contribution in [1.29, 1.82) is 0 Å². The van der Waals surface area contributed by atoms with Gasteiger partial charge in [-0.3, -0.25) is 9.67 Å². The third kappa shape index (κ3) is 2.59. The monoisotopic (exact) mass is 243 g/mol. The Balaban J connectivity index is 2.12. The van der Waals surface area contributed by atoms with Gasteiger partial charge in [-0.1, -0.05) is 12.1 Å². The molecule has 0 atom stereocenters. The van der Waals surface area contributed by atoms with Gasteiger partial charge in [-0.05, 0) is 24.6 Å². The Morgan fingerprint density at radius 1 is 1.39 bits per heavy atom. The number of hydrogen-bond acceptors (Lipinski definition) is 3. The predicted molar refractivity (Wildman–Crippen MR) is 72.8 cm³/mol. The first-order valence-electron chi connectivity index (χ1n) is 5.85. The quantitative estimate of drug-likeness (QED) is 0.774. The molecule has 0 spiro atoms. The average molecular weight is 243 g/mol. The molecule has 0 saturated carbocycles. The number of benzene rings is 1. The largest absolute Gasteiger partial charge is 0.494 e. The first kappa shape index (κ1) is 12.4. The second-order valence-electron chi connectivity index (χ2n) is 4.09. The Morgan fingerprint density at radius 2 is 2.17 bits per heavy atom. The number of aryl methyl sites for hydroxylation is 2. The highest BCUT2D eigenvalue weighted by molar-refractivity contribution is 5.68. The maximum absolute atomic E-state index is 5.25. The molecule has 4 heteroatoms. The zero-order valence-electron chi connectivity index (χ0n) is 10.9. The maximum atomic E-state index is 5.25. The van der Waals surface area contributed by atoms with Crippen LogP contribution >= 0.6 is 0 Å². The molecule has 0 aliphatic carbocycles. The molecule has 0 amide bonds. The zero-order valence-corrected chi connectivity index (χ0v) is 10.9. The predicted octanol–water partition coefficient (Wildman–Crippen LogP) is 2.68. The summed E-state index contributed by atoms with van der Waals surface area (Å²) in [7, 11) is 3.60. The minimum atomic E-state index is 0.764. The lowest BCUT2D eigenvalue weighted by molar-refractivity contribution is 0.416. The van der Waals surface area contributed by atoms with E-state index in [0.717, 1.165) is 17.9 Å². The fourth-order valence-corrected chi connectivity index (χ4v) is 1.83. The molecule has 0 unspecified atom stereocenters. The lowest BCUT2D eigenvalue weighted by Gasteiger charge is -2.03. The van der Waals surface area contributed by atoms with Gasteiger partial charge in [0.05, 0.1) is 13.3 Å². The van der Waals surface area contributed by atoms with E-state index in [2.05, 4.69) is 17.0 Å². The van der Waals surface area contributed by atoms with Crippen molar-refractivity contribution in [2.45, 2.75) is 13.3 Å². The van der Waals surface area contributed by atoms with E-state index in [-0.39, 0.29) is 0 Å². The van der Waals surface area contributed by atoms with Gasteiger partial charge in [-0.25, -0.2) is 0 Å². The SMILES string of the molecule is COc1ccccc1N=CCc1c(C)cnn1C. The summed E-state index contributed by atoms with van der Waals surface area (Å²) < 4.78 is 7.13. The van der Waals surface area contributed by atoms with Crippen LogP contribution in [0.4, 0.5) is 5.69 Å². The van der Waals surface area contributed by atoms with Crippen LogP contribution in [-0.4, -0.2) is 23.1 Å². The molecule has 0 aliphatic rings. The van der Waals surface area contributed by atoms with Crippen LogP contribution in [0, 0.1) is 6.92 Å². The first-order chi connectivity index (χ1) is 8.72. The van der Waals surface area contributed by atoms with Gasteiger partial charge in [0.2, 0.25) is 0 Å². The van der Waals surface area contributed by atoms with Gasteiger partial charge in [0.1, 0.15) is 11.4 Å². The van der Waals surface area contributed by atoms with Gasteiger partial charge in [0, 0.05) is 25.4 Å². The summed E-state index contributed by atoms with van der Waals surface area (Å²) in [6.45, 7) is 2.05. The third-order valence-electron chi connectivity index (χ3n) is 2.87. The lowest BCUT2D eigenvalue weighted by atomic mass is 10.2. The zero-order chi connectivity index (χ0) is 13.0. The molecule has 0 bridgehead atoms. The van der Waals surface area contributed by atoms with E-state index >= 15 is 0 Å². The molecule has 1 heterocycles. The van der Waals surface area contributed by atoms with Crippen LogP contribution in [0.25, 0.3) is 0 Å². The number of rotatable bonds is 4. The number of aromatic nitrogens is 2. The van der Waals surface area contributed by atoms with Crippen molar-refractivity contribution >= 4 is 11.9 Å². The van der Waals surface area contributed by atoms with Crippen LogP contribution in [0.5, 0.6) is 5.75 Å². The van der Waals surface area contributed by atoms with E-state index in [1.807, 2.05) is 48.4 Å². The van der Waals surface area contributed by atoms with Crippen LogP contribution in [0.3, 0.4) is 0 Å². The van der Waals surface area contributed by atoms with Crippen molar-refractivity contribution in [3.63, 3.8) is 0 Å². The highest BCUT2D eigenvalue weighted by atomic mass is 16.5. The van der Waals surface area contributed by atoms with Gasteiger partial charge >= 0.3 is 0 Å². The van der Waals surface area contributed by atoms with Crippen LogP contribution in [0.15, 0.2) is 35.5 Å². The summed E-state index contributed by atoms with van der Waals surface area (Å²) in [5.74, 6) is 0.787. The molecule has 0 N–H and O–H groups in total. The van der Waals surface area contributed by atoms with Gasteiger partial charge in [0.15, 0.2) is 0 Å². The van der Waals surface area contributed by atoms with E-state index < -0.39 is 0 Å². The van der Waals surface area contributed by atoms with Crippen LogP contribution in [-0.2, 0) is 13.5 Å². The maximum Gasteiger partial charge on any atom is 0.144 e. The van der Waals surface area contributed by atoms with Crippen molar-refractivity contribution in [3.05, 3.63) is 41.7 Å². The number of aliphatic imine (C=N–C) groups is 1. The minimum absolute atomic E-state index is 0.764. The Labute approximate surface area is 107 Å². The molecule has 94 valence electrons. The summed E-state index contributed by atoms with van der Waals surface area (Å²) in [6.07, 6.45) is 4.52. The molecule has 0 saturated heterocycles. The Morgan fingerprint density at radius 3 is 2.83 bits per heavy atom. The summed E-state index contributed by atoms with van der Waals surface area (Å²) in [4.78, 5) is 4.44. The topological polar surface area (TPSA) is 39.4 Å². The second kappa shape index (κ2) is 5.49. The summed E-state index contributed by atoms with van der Waals surface area (Å²) in [5.41, 5.74) is 3.21. The fraction of sp³-hybridized carbons (Fsp3) is 0.286. The van der Waals surface area contributed by atoms with Crippen LogP contribution in [0.2, 0.25) is 0 Å². The van der Waals surface area contributed by atoms with Crippen molar-refractivity contribution in [2.24, 2.45) is 12.0 Å². The van der Waals surface area contributed by atoms with Gasteiger partial charge in [0.25, 0.3) is 0 Å². The fourth-order valence-electron chi connectivity index (χ4n) is 1.83. The molecule has 1 aromatic carbocycles. The normalized spacial score (nSPS) is 11.1. The number of nitrogens with zero attached hydrogens (tertiary/aromatic N) is 3. The van der Waals surface area contributed by atoms with E-state index in [4.69, 9.17) is 4.74 Å². The lowest BCUT2D eigenvalue weighted by Crippen LogP contribution is -1.99. The van der Waals surface area contributed by atoms with E-state index in [9.17, 15) is 0 Å². The Hall–Kier alpha value is -2.10. The third-order valence-corrected chi connectivity index (χ3v) is 2.87. The molecular formula is C14H17N3O. The molecule has 0 radical (unpaired) electrons. The molecule has 4 nitrogen and oxygen atoms in total. The van der Waals surface area contributed by atoms with Crippen molar-refractivity contribution in [2.75, 3.05) is 7.11 Å². The smallest absolute Gasteiger partial charge is 0.144 e. The van der Waals surface area contributed by atoms with Crippen molar-refractivity contribution < 1.29 is 4.74 Å². The minimum Gasteiger partial charge on any atom is -0.494 e. The number of ether oxygens (including phenoxy) is 1. The summed E-state index contributed by atoms with van der Waals surface area (Å²) >= 11 is 0. The number of hydrogen-bond donors (Lipinski definition) is 0. The average Bonchev–Trinajstić information content (AvgIpc) is 2.71. The molecule has 18 heavy (non-hydrogen) atoms. The van der Waals surface area contributed by atoms with Crippen molar-refractivity contribution in [1.82, 2.24) is 9.78 Å². The highest BCUT2D eigenvalue weighted by Gasteiger charge is 2.02. The number of methoxy groups -OCH3 is 1. The number of para-hydroxylation sites is 2. The summed E-state index contributed by atoms with van der Waals surface area (Å²) in [5, 5.41) is 4.21. The molecule has 2 rings (SSSR count). The molecule has 2 aromatic rings. The molecule has 1 aromatic heterocycles. The molecular weight excluding hydrogens is 226 g/mol.